The van der Waals surface area contributed by atoms with Gasteiger partial charge in [0.2, 0.25) is 0 Å². The number of benzene rings is 1. The van der Waals surface area contributed by atoms with E-state index >= 15 is 0 Å². The van der Waals surface area contributed by atoms with Crippen molar-refractivity contribution in [3.05, 3.63) is 29.8 Å². The third kappa shape index (κ3) is 4.54. The minimum absolute atomic E-state index is 0.263. The highest BCUT2D eigenvalue weighted by Gasteiger charge is 2.21. The Balaban J connectivity index is 1.87. The maximum Gasteiger partial charge on any atom is 0.161 e. The molecule has 0 amide bonds. The van der Waals surface area contributed by atoms with Gasteiger partial charge in [-0.05, 0) is 37.5 Å². The second-order valence-corrected chi connectivity index (χ2v) is 5.06. The molecule has 0 bridgehead atoms. The predicted octanol–water partition coefficient (Wildman–Crippen LogP) is 2.22. The summed E-state index contributed by atoms with van der Waals surface area (Å²) < 4.78 is 11.0. The van der Waals surface area contributed by atoms with Crippen molar-refractivity contribution < 1.29 is 14.6 Å². The number of aliphatic hydroxyl groups excluding tert-OH is 1. The Morgan fingerprint density at radius 3 is 2.85 bits per heavy atom. The van der Waals surface area contributed by atoms with Gasteiger partial charge in [-0.2, -0.15) is 0 Å². The number of allylic oxidation sites excluding steroid dienone is 1. The molecule has 0 heterocycles. The number of hydrogen-bond donors (Lipinski definition) is 2. The Morgan fingerprint density at radius 1 is 1.40 bits per heavy atom. The summed E-state index contributed by atoms with van der Waals surface area (Å²) in [5, 5.41) is 13.1. The van der Waals surface area contributed by atoms with E-state index < -0.39 is 6.10 Å². The van der Waals surface area contributed by atoms with Crippen LogP contribution in [0.5, 0.6) is 11.5 Å². The molecule has 1 aliphatic carbocycles. The van der Waals surface area contributed by atoms with Gasteiger partial charge in [0.05, 0.1) is 7.11 Å². The molecule has 1 atom stereocenters. The van der Waals surface area contributed by atoms with Crippen molar-refractivity contribution in [3.63, 3.8) is 0 Å². The molecule has 4 heteroatoms. The summed E-state index contributed by atoms with van der Waals surface area (Å²) in [7, 11) is 1.62. The second kappa shape index (κ2) is 7.31. The Hall–Kier alpha value is -1.52. The van der Waals surface area contributed by atoms with Crippen molar-refractivity contribution in [2.75, 3.05) is 20.3 Å². The van der Waals surface area contributed by atoms with Gasteiger partial charge in [-0.1, -0.05) is 18.2 Å². The number of ether oxygens (including phenoxy) is 2. The predicted molar refractivity (Wildman–Crippen MR) is 80.2 cm³/mol. The Kier molecular flexibility index (Phi) is 5.44. The SMILES string of the molecule is C/C=C/c1ccc(OC[C@@H](O)CNC2CC2)c(OC)c1. The van der Waals surface area contributed by atoms with Gasteiger partial charge >= 0.3 is 0 Å². The summed E-state index contributed by atoms with van der Waals surface area (Å²) in [6.07, 6.45) is 5.90. The molecule has 1 aromatic carbocycles. The molecule has 4 nitrogen and oxygen atoms in total. The van der Waals surface area contributed by atoms with Gasteiger partial charge in [0, 0.05) is 12.6 Å². The first-order chi connectivity index (χ1) is 9.72. The van der Waals surface area contributed by atoms with Crippen LogP contribution < -0.4 is 14.8 Å². The van der Waals surface area contributed by atoms with E-state index in [-0.39, 0.29) is 6.61 Å². The highest BCUT2D eigenvalue weighted by molar-refractivity contribution is 5.55. The van der Waals surface area contributed by atoms with Crippen molar-refractivity contribution >= 4 is 6.08 Å². The zero-order chi connectivity index (χ0) is 14.4. The Morgan fingerprint density at radius 2 is 2.20 bits per heavy atom. The van der Waals surface area contributed by atoms with Gasteiger partial charge in [0.1, 0.15) is 12.7 Å². The smallest absolute Gasteiger partial charge is 0.161 e. The van der Waals surface area contributed by atoms with Crippen LogP contribution in [0.25, 0.3) is 6.08 Å². The summed E-state index contributed by atoms with van der Waals surface area (Å²) in [5.74, 6) is 1.34. The van der Waals surface area contributed by atoms with Crippen molar-refractivity contribution in [1.82, 2.24) is 5.32 Å². The quantitative estimate of drug-likeness (QED) is 0.765. The minimum Gasteiger partial charge on any atom is -0.493 e. The van der Waals surface area contributed by atoms with E-state index in [4.69, 9.17) is 9.47 Å². The van der Waals surface area contributed by atoms with E-state index in [1.165, 1.54) is 12.8 Å². The molecule has 1 aliphatic rings. The van der Waals surface area contributed by atoms with E-state index in [1.807, 2.05) is 37.3 Å². The highest BCUT2D eigenvalue weighted by Crippen LogP contribution is 2.28. The number of methoxy groups -OCH3 is 1. The van der Waals surface area contributed by atoms with Crippen LogP contribution in [-0.4, -0.2) is 37.5 Å². The van der Waals surface area contributed by atoms with E-state index in [2.05, 4.69) is 5.32 Å². The minimum atomic E-state index is -0.504. The van der Waals surface area contributed by atoms with E-state index in [9.17, 15) is 5.11 Å². The molecule has 0 aromatic heterocycles. The van der Waals surface area contributed by atoms with Crippen molar-refractivity contribution in [2.45, 2.75) is 31.9 Å². The van der Waals surface area contributed by atoms with E-state index in [1.54, 1.807) is 7.11 Å². The molecule has 0 saturated heterocycles. The first kappa shape index (κ1) is 14.9. The fourth-order valence-electron chi connectivity index (χ4n) is 1.93. The molecule has 0 unspecified atom stereocenters. The number of rotatable bonds is 8. The molecule has 110 valence electrons. The molecule has 20 heavy (non-hydrogen) atoms. The van der Waals surface area contributed by atoms with Crippen molar-refractivity contribution in [1.29, 1.82) is 0 Å². The van der Waals surface area contributed by atoms with Gasteiger partial charge < -0.3 is 19.9 Å². The molecular formula is C16H23NO3. The average molecular weight is 277 g/mol. The number of nitrogens with one attached hydrogen (secondary N) is 1. The molecule has 2 N–H and O–H groups in total. The fourth-order valence-corrected chi connectivity index (χ4v) is 1.93. The van der Waals surface area contributed by atoms with E-state index in [0.717, 1.165) is 5.56 Å². The second-order valence-electron chi connectivity index (χ2n) is 5.06. The van der Waals surface area contributed by atoms with Crippen LogP contribution in [0.3, 0.4) is 0 Å². The van der Waals surface area contributed by atoms with Crippen LogP contribution in [0.4, 0.5) is 0 Å². The maximum atomic E-state index is 9.85. The number of aliphatic hydroxyl groups is 1. The normalized spacial score (nSPS) is 16.4. The van der Waals surface area contributed by atoms with Crippen molar-refractivity contribution in [2.24, 2.45) is 0 Å². The van der Waals surface area contributed by atoms with Gasteiger partial charge in [0.15, 0.2) is 11.5 Å². The lowest BCUT2D eigenvalue weighted by molar-refractivity contribution is 0.104. The van der Waals surface area contributed by atoms with Crippen LogP contribution in [0.2, 0.25) is 0 Å². The summed E-state index contributed by atoms with van der Waals surface area (Å²) in [6, 6.07) is 6.35. The van der Waals surface area contributed by atoms with Gasteiger partial charge in [0.25, 0.3) is 0 Å². The molecule has 2 rings (SSSR count). The molecule has 1 fully saturated rings. The van der Waals surface area contributed by atoms with Crippen LogP contribution in [0, 0.1) is 0 Å². The first-order valence-corrected chi connectivity index (χ1v) is 7.08. The van der Waals surface area contributed by atoms with Crippen LogP contribution in [-0.2, 0) is 0 Å². The molecule has 0 radical (unpaired) electrons. The fraction of sp³-hybridized carbons (Fsp3) is 0.500. The van der Waals surface area contributed by atoms with Gasteiger partial charge in [-0.25, -0.2) is 0 Å². The Bertz CT molecular complexity index is 455. The zero-order valence-electron chi connectivity index (χ0n) is 12.1. The third-order valence-electron chi connectivity index (χ3n) is 3.20. The Labute approximate surface area is 120 Å². The standard InChI is InChI=1S/C16H23NO3/c1-3-4-12-5-8-15(16(9-12)19-2)20-11-14(18)10-17-13-6-7-13/h3-5,8-9,13-14,17-18H,6-7,10-11H2,1-2H3/b4-3+/t14-/m0/s1. The monoisotopic (exact) mass is 277 g/mol. The van der Waals surface area contributed by atoms with Gasteiger partial charge in [-0.3, -0.25) is 0 Å². The lowest BCUT2D eigenvalue weighted by atomic mass is 10.2. The largest absolute Gasteiger partial charge is 0.493 e. The lowest BCUT2D eigenvalue weighted by Gasteiger charge is -2.15. The summed E-state index contributed by atoms with van der Waals surface area (Å²) in [5.41, 5.74) is 1.06. The van der Waals surface area contributed by atoms with Gasteiger partial charge in [-0.15, -0.1) is 0 Å². The molecular weight excluding hydrogens is 254 g/mol. The van der Waals surface area contributed by atoms with Crippen molar-refractivity contribution in [3.8, 4) is 11.5 Å². The summed E-state index contributed by atoms with van der Waals surface area (Å²) in [4.78, 5) is 0. The highest BCUT2D eigenvalue weighted by atomic mass is 16.5. The van der Waals surface area contributed by atoms with E-state index in [0.29, 0.717) is 24.1 Å². The van der Waals surface area contributed by atoms with Crippen LogP contribution >= 0.6 is 0 Å². The lowest BCUT2D eigenvalue weighted by Crippen LogP contribution is -2.32. The third-order valence-corrected chi connectivity index (χ3v) is 3.20. The molecule has 1 saturated carbocycles. The zero-order valence-corrected chi connectivity index (χ0v) is 12.1. The molecule has 1 aromatic rings. The number of hydrogen-bond acceptors (Lipinski definition) is 4. The average Bonchev–Trinajstić information content (AvgIpc) is 3.28. The van der Waals surface area contributed by atoms with Crippen LogP contribution in [0.15, 0.2) is 24.3 Å². The summed E-state index contributed by atoms with van der Waals surface area (Å²) >= 11 is 0. The molecule has 0 spiro atoms. The summed E-state index contributed by atoms with van der Waals surface area (Å²) in [6.45, 7) is 2.81. The molecule has 0 aliphatic heterocycles. The first-order valence-electron chi connectivity index (χ1n) is 7.08. The topological polar surface area (TPSA) is 50.7 Å². The van der Waals surface area contributed by atoms with Crippen LogP contribution in [0.1, 0.15) is 25.3 Å². The maximum absolute atomic E-state index is 9.85.